The third-order valence-corrected chi connectivity index (χ3v) is 2.62. The van der Waals surface area contributed by atoms with Gasteiger partial charge in [-0.1, -0.05) is 4.59 Å². The molecule has 1 aromatic carbocycles. The quantitative estimate of drug-likeness (QED) is 0.654. The van der Waals surface area contributed by atoms with E-state index in [1.54, 1.807) is 18.2 Å². The van der Waals surface area contributed by atoms with Crippen LogP contribution in [-0.2, 0) is 0 Å². The van der Waals surface area contributed by atoms with E-state index in [1.807, 2.05) is 6.92 Å². The Morgan fingerprint density at radius 3 is 3.00 bits per heavy atom. The number of benzene rings is 1. The van der Waals surface area contributed by atoms with Crippen LogP contribution in [0.4, 0.5) is 10.5 Å². The van der Waals surface area contributed by atoms with Crippen molar-refractivity contribution in [2.45, 2.75) is 6.92 Å². The second kappa shape index (κ2) is 3.06. The molecule has 1 atom stereocenters. The molecule has 1 aromatic rings. The largest absolute Gasteiger partial charge is 0.445 e. The van der Waals surface area contributed by atoms with Crippen molar-refractivity contribution >= 4 is 17.6 Å². The Labute approximate surface area is 87.6 Å². The van der Waals surface area contributed by atoms with Crippen LogP contribution in [0.1, 0.15) is 12.5 Å². The first-order valence-electron chi connectivity index (χ1n) is 4.66. The number of carbonyl (C=O) groups is 1. The minimum absolute atomic E-state index is 0.254. The van der Waals surface area contributed by atoms with Crippen LogP contribution in [0.2, 0.25) is 0 Å². The van der Waals surface area contributed by atoms with E-state index < -0.39 is 6.03 Å². The molecule has 0 saturated heterocycles. The maximum absolute atomic E-state index is 11.5. The summed E-state index contributed by atoms with van der Waals surface area (Å²) in [5.74, 6) is 0.336. The fourth-order valence-corrected chi connectivity index (χ4v) is 1.81. The number of amidine groups is 1. The number of primary amides is 1. The Balaban J connectivity index is 2.69. The Morgan fingerprint density at radius 2 is 2.40 bits per heavy atom. The summed E-state index contributed by atoms with van der Waals surface area (Å²) < 4.78 is -0.254. The lowest BCUT2D eigenvalue weighted by Gasteiger charge is -2.21. The van der Waals surface area contributed by atoms with Gasteiger partial charge in [0.2, 0.25) is 0 Å². The van der Waals surface area contributed by atoms with Crippen molar-refractivity contribution in [1.29, 1.82) is 0 Å². The zero-order valence-electron chi connectivity index (χ0n) is 8.40. The molecule has 0 aliphatic carbocycles. The van der Waals surface area contributed by atoms with E-state index >= 15 is 0 Å². The Kier molecular flexibility index (Phi) is 1.97. The van der Waals surface area contributed by atoms with Crippen molar-refractivity contribution in [3.63, 3.8) is 0 Å². The van der Waals surface area contributed by atoms with Gasteiger partial charge in [0.15, 0.2) is 11.5 Å². The average molecular weight is 204 g/mol. The standard InChI is InChI=1S/C10H11N4O/c1-2-14(10(12)15)8-6-4-3-5-7(8)9(11)13-14/h4-6H,2H2,1H3,(H3-,11,12,13,15)/p+1. The summed E-state index contributed by atoms with van der Waals surface area (Å²) in [6.45, 7) is 2.29. The molecule has 1 aliphatic heterocycles. The molecule has 0 bridgehead atoms. The van der Waals surface area contributed by atoms with Gasteiger partial charge in [-0.05, 0) is 30.2 Å². The molecule has 0 aromatic heterocycles. The lowest BCUT2D eigenvalue weighted by Crippen LogP contribution is -2.51. The van der Waals surface area contributed by atoms with Crippen LogP contribution in [0.5, 0.6) is 0 Å². The summed E-state index contributed by atoms with van der Waals surface area (Å²) in [5.41, 5.74) is 12.6. The summed E-state index contributed by atoms with van der Waals surface area (Å²) >= 11 is 0. The highest BCUT2D eigenvalue weighted by atomic mass is 16.2. The molecule has 4 N–H and O–H groups in total. The first-order valence-corrected chi connectivity index (χ1v) is 4.66. The molecule has 2 amide bonds. The van der Waals surface area contributed by atoms with E-state index in [0.717, 1.165) is 11.3 Å². The number of hydrogen-bond donors (Lipinski definition) is 2. The van der Waals surface area contributed by atoms with Gasteiger partial charge in [-0.25, -0.2) is 4.79 Å². The number of rotatable bonds is 1. The predicted molar refractivity (Wildman–Crippen MR) is 57.9 cm³/mol. The van der Waals surface area contributed by atoms with Crippen molar-refractivity contribution in [1.82, 2.24) is 4.59 Å². The summed E-state index contributed by atoms with van der Waals surface area (Å²) in [6.07, 6.45) is 0. The van der Waals surface area contributed by atoms with Gasteiger partial charge in [0.25, 0.3) is 0 Å². The van der Waals surface area contributed by atoms with Gasteiger partial charge in [0, 0.05) is 6.07 Å². The average Bonchev–Trinajstić information content (AvgIpc) is 2.54. The fraction of sp³-hybridized carbons (Fsp3) is 0.200. The van der Waals surface area contributed by atoms with E-state index in [0.29, 0.717) is 12.4 Å². The number of fused-ring (bicyclic) bond motifs is 1. The molecule has 0 saturated carbocycles. The number of nitrogens with two attached hydrogens (primary N) is 2. The van der Waals surface area contributed by atoms with Crippen LogP contribution in [0, 0.1) is 6.07 Å². The van der Waals surface area contributed by atoms with Crippen LogP contribution >= 0.6 is 0 Å². The van der Waals surface area contributed by atoms with Crippen molar-refractivity contribution in [3.8, 4) is 0 Å². The molecule has 0 spiro atoms. The lowest BCUT2D eigenvalue weighted by atomic mass is 10.1. The SMILES string of the molecule is CC[N+]1(C(N)=O)N=C(N)c2c[c]ccc21. The molecule has 2 rings (SSSR count). The van der Waals surface area contributed by atoms with E-state index in [4.69, 9.17) is 11.5 Å². The van der Waals surface area contributed by atoms with Crippen molar-refractivity contribution < 1.29 is 4.79 Å². The number of nitrogens with zero attached hydrogens (tertiary/aromatic N) is 2. The van der Waals surface area contributed by atoms with Gasteiger partial charge in [-0.15, -0.1) is 0 Å². The molecule has 5 heteroatoms. The molecule has 1 heterocycles. The van der Waals surface area contributed by atoms with Crippen LogP contribution in [0.15, 0.2) is 23.3 Å². The van der Waals surface area contributed by atoms with Crippen molar-refractivity contribution in [2.24, 2.45) is 16.6 Å². The summed E-state index contributed by atoms with van der Waals surface area (Å²) in [6, 6.07) is 7.58. The molecule has 15 heavy (non-hydrogen) atoms. The monoisotopic (exact) mass is 204 g/mol. The number of amides is 2. The summed E-state index contributed by atoms with van der Waals surface area (Å²) in [7, 11) is 0. The molecule has 1 aliphatic rings. The maximum Gasteiger partial charge on any atom is 0.445 e. The first kappa shape index (κ1) is 9.67. The van der Waals surface area contributed by atoms with Gasteiger partial charge >= 0.3 is 6.03 Å². The molecule has 5 nitrogen and oxygen atoms in total. The van der Waals surface area contributed by atoms with Crippen LogP contribution in [-0.4, -0.2) is 18.4 Å². The Bertz CT molecular complexity index is 454. The second-order valence-electron chi connectivity index (χ2n) is 3.35. The van der Waals surface area contributed by atoms with Crippen LogP contribution in [0.3, 0.4) is 0 Å². The molecular weight excluding hydrogens is 192 g/mol. The topological polar surface area (TPSA) is 81.5 Å². The molecule has 1 radical (unpaired) electrons. The van der Waals surface area contributed by atoms with E-state index in [1.165, 1.54) is 0 Å². The highest BCUT2D eigenvalue weighted by molar-refractivity contribution is 6.09. The van der Waals surface area contributed by atoms with E-state index in [2.05, 4.69) is 11.2 Å². The normalized spacial score (nSPS) is 23.4. The number of hydrogen-bond acceptors (Lipinski definition) is 3. The Morgan fingerprint density at radius 1 is 1.67 bits per heavy atom. The minimum Gasteiger partial charge on any atom is -0.379 e. The fourth-order valence-electron chi connectivity index (χ4n) is 1.81. The molecular formula is C10H12N4O+. The van der Waals surface area contributed by atoms with Gasteiger partial charge < -0.3 is 11.5 Å². The van der Waals surface area contributed by atoms with E-state index in [9.17, 15) is 4.79 Å². The van der Waals surface area contributed by atoms with E-state index in [-0.39, 0.29) is 4.59 Å². The molecule has 77 valence electrons. The smallest absolute Gasteiger partial charge is 0.379 e. The summed E-state index contributed by atoms with van der Waals surface area (Å²) in [4.78, 5) is 11.5. The minimum atomic E-state index is -0.523. The van der Waals surface area contributed by atoms with Gasteiger partial charge in [0.05, 0.1) is 5.56 Å². The number of carbonyl (C=O) groups excluding carboxylic acids is 1. The summed E-state index contributed by atoms with van der Waals surface area (Å²) in [5, 5.41) is 4.14. The zero-order valence-corrected chi connectivity index (χ0v) is 8.40. The third kappa shape index (κ3) is 1.13. The van der Waals surface area contributed by atoms with Crippen LogP contribution < -0.4 is 16.1 Å². The van der Waals surface area contributed by atoms with Crippen molar-refractivity contribution in [3.05, 3.63) is 29.8 Å². The zero-order chi connectivity index (χ0) is 11.1. The lowest BCUT2D eigenvalue weighted by molar-refractivity contribution is 0.214. The van der Waals surface area contributed by atoms with Crippen LogP contribution in [0.25, 0.3) is 0 Å². The third-order valence-electron chi connectivity index (χ3n) is 2.62. The molecule has 0 fully saturated rings. The first-order chi connectivity index (χ1) is 7.12. The second-order valence-corrected chi connectivity index (χ2v) is 3.35. The highest BCUT2D eigenvalue weighted by Gasteiger charge is 2.44. The molecule has 1 unspecified atom stereocenters. The van der Waals surface area contributed by atoms with Gasteiger partial charge in [-0.2, -0.15) is 0 Å². The number of urea groups is 1. The van der Waals surface area contributed by atoms with Gasteiger partial charge in [0.1, 0.15) is 6.54 Å². The Hall–Kier alpha value is -1.88. The number of quaternary nitrogens is 1. The van der Waals surface area contributed by atoms with Gasteiger partial charge in [-0.3, -0.25) is 0 Å². The maximum atomic E-state index is 11.5. The highest BCUT2D eigenvalue weighted by Crippen LogP contribution is 2.33. The predicted octanol–water partition coefficient (Wildman–Crippen LogP) is 0.527. The van der Waals surface area contributed by atoms with Crippen molar-refractivity contribution in [2.75, 3.05) is 6.54 Å².